The van der Waals surface area contributed by atoms with Crippen LogP contribution in [0.15, 0.2) is 18.2 Å². The van der Waals surface area contributed by atoms with Gasteiger partial charge in [-0.1, -0.05) is 0 Å². The number of rotatable bonds is 2. The smallest absolute Gasteiger partial charge is 0.270 e. The Bertz CT molecular complexity index is 574. The molecule has 0 saturated carbocycles. The number of nitro benzene ring substituents is 1. The maximum Gasteiger partial charge on any atom is 0.270 e. The Morgan fingerprint density at radius 3 is 2.71 bits per heavy atom. The van der Waals surface area contributed by atoms with Gasteiger partial charge >= 0.3 is 0 Å². The highest BCUT2D eigenvalue weighted by Gasteiger charge is 2.53. The predicted molar refractivity (Wildman–Crippen MR) is 70.8 cm³/mol. The van der Waals surface area contributed by atoms with Gasteiger partial charge in [0.1, 0.15) is 11.9 Å². The Morgan fingerprint density at radius 2 is 2.10 bits per heavy atom. The van der Waals surface area contributed by atoms with Crippen LogP contribution in [0.4, 0.5) is 5.69 Å². The lowest BCUT2D eigenvalue weighted by Crippen LogP contribution is -2.60. The molecule has 2 aliphatic heterocycles. The number of fused-ring (bicyclic) bond motifs is 1. The number of non-ortho nitro benzene ring substituents is 1. The third-order valence-corrected chi connectivity index (χ3v) is 3.91. The van der Waals surface area contributed by atoms with Crippen LogP contribution in [0.1, 0.15) is 18.5 Å². The highest BCUT2D eigenvalue weighted by molar-refractivity contribution is 5.48. The second-order valence-electron chi connectivity index (χ2n) is 5.31. The Morgan fingerprint density at radius 1 is 1.43 bits per heavy atom. The number of nitro groups is 1. The molecule has 0 unspecified atom stereocenters. The molecule has 3 atom stereocenters. The maximum absolute atomic E-state index is 10.8. The van der Waals surface area contributed by atoms with Gasteiger partial charge in [0.15, 0.2) is 11.9 Å². The molecule has 21 heavy (non-hydrogen) atoms. The quantitative estimate of drug-likeness (QED) is 0.602. The largest absolute Gasteiger partial charge is 0.479 e. The van der Waals surface area contributed by atoms with Crippen molar-refractivity contribution in [2.75, 3.05) is 13.2 Å². The van der Waals surface area contributed by atoms with Gasteiger partial charge in [0, 0.05) is 17.7 Å². The Balaban J connectivity index is 2.00. The first-order valence-electron chi connectivity index (χ1n) is 6.57. The first kappa shape index (κ1) is 14.2. The van der Waals surface area contributed by atoms with Crippen LogP contribution in [0, 0.1) is 10.1 Å². The topological polar surface area (TPSA) is 117 Å². The van der Waals surface area contributed by atoms with E-state index in [4.69, 9.17) is 19.9 Å². The lowest BCUT2D eigenvalue weighted by Gasteiger charge is -2.44. The Hall–Kier alpha value is -1.74. The van der Waals surface area contributed by atoms with E-state index >= 15 is 0 Å². The van der Waals surface area contributed by atoms with Gasteiger partial charge < -0.3 is 25.1 Å². The Labute approximate surface area is 120 Å². The summed E-state index contributed by atoms with van der Waals surface area (Å²) in [5, 5.41) is 21.3. The summed E-state index contributed by atoms with van der Waals surface area (Å²) in [4.78, 5) is 10.3. The number of nitrogens with zero attached hydrogens (tertiary/aromatic N) is 1. The maximum atomic E-state index is 10.8. The van der Waals surface area contributed by atoms with Crippen LogP contribution in [0.3, 0.4) is 0 Å². The second kappa shape index (κ2) is 4.92. The van der Waals surface area contributed by atoms with Crippen molar-refractivity contribution in [3.63, 3.8) is 0 Å². The van der Waals surface area contributed by atoms with E-state index in [1.165, 1.54) is 18.2 Å². The van der Waals surface area contributed by atoms with Gasteiger partial charge in [0.05, 0.1) is 24.2 Å². The van der Waals surface area contributed by atoms with Crippen molar-refractivity contribution in [1.82, 2.24) is 0 Å². The number of ether oxygens (including phenoxy) is 3. The summed E-state index contributed by atoms with van der Waals surface area (Å²) in [7, 11) is 0. The zero-order chi connectivity index (χ0) is 15.2. The normalized spacial score (nSPS) is 32.5. The van der Waals surface area contributed by atoms with Crippen molar-refractivity contribution in [2.24, 2.45) is 5.73 Å². The number of aliphatic hydroxyl groups is 1. The number of nitrogens with two attached hydrogens (primary N) is 1. The third kappa shape index (κ3) is 2.16. The minimum atomic E-state index is -1.17. The fourth-order valence-corrected chi connectivity index (χ4v) is 2.70. The van der Waals surface area contributed by atoms with Crippen molar-refractivity contribution in [3.05, 3.63) is 33.9 Å². The summed E-state index contributed by atoms with van der Waals surface area (Å²) in [5.41, 5.74) is 5.17. The van der Waals surface area contributed by atoms with E-state index in [-0.39, 0.29) is 5.69 Å². The van der Waals surface area contributed by atoms with Gasteiger partial charge in [0.25, 0.3) is 5.69 Å². The number of hydrogen-bond acceptors (Lipinski definition) is 7. The van der Waals surface area contributed by atoms with Gasteiger partial charge in [-0.3, -0.25) is 10.1 Å². The van der Waals surface area contributed by atoms with E-state index in [0.29, 0.717) is 24.5 Å². The molecule has 2 aliphatic rings. The summed E-state index contributed by atoms with van der Waals surface area (Å²) in [6.45, 7) is 2.48. The van der Waals surface area contributed by atoms with Crippen LogP contribution in [0.5, 0.6) is 5.75 Å². The average Bonchev–Trinajstić information content (AvgIpc) is 2.99. The summed E-state index contributed by atoms with van der Waals surface area (Å²) >= 11 is 0. The van der Waals surface area contributed by atoms with Crippen molar-refractivity contribution in [2.45, 2.75) is 31.0 Å². The van der Waals surface area contributed by atoms with Crippen molar-refractivity contribution in [1.29, 1.82) is 0 Å². The molecule has 1 aromatic carbocycles. The highest BCUT2D eigenvalue weighted by atomic mass is 16.7. The molecule has 114 valence electrons. The minimum absolute atomic E-state index is 0.100. The molecule has 1 aromatic rings. The van der Waals surface area contributed by atoms with E-state index in [1.807, 2.05) is 0 Å². The molecular formula is C13H16N2O6. The molecule has 3 N–H and O–H groups in total. The van der Waals surface area contributed by atoms with Crippen LogP contribution in [0.25, 0.3) is 0 Å². The van der Waals surface area contributed by atoms with Crippen molar-refractivity contribution < 1.29 is 24.2 Å². The van der Waals surface area contributed by atoms with Gasteiger partial charge in [-0.05, 0) is 13.0 Å². The van der Waals surface area contributed by atoms with Gasteiger partial charge in [0.2, 0.25) is 0 Å². The molecule has 1 fully saturated rings. The van der Waals surface area contributed by atoms with E-state index < -0.39 is 29.0 Å². The molecule has 0 amide bonds. The summed E-state index contributed by atoms with van der Waals surface area (Å²) in [6, 6.07) is 3.30. The third-order valence-electron chi connectivity index (χ3n) is 3.91. The van der Waals surface area contributed by atoms with E-state index in [1.54, 1.807) is 6.92 Å². The molecule has 3 rings (SSSR count). The lowest BCUT2D eigenvalue weighted by atomic mass is 9.85. The number of hydrogen-bond donors (Lipinski definition) is 2. The van der Waals surface area contributed by atoms with Crippen LogP contribution in [-0.4, -0.2) is 41.2 Å². The molecule has 0 aliphatic carbocycles. The zero-order valence-corrected chi connectivity index (χ0v) is 11.4. The average molecular weight is 296 g/mol. The van der Waals surface area contributed by atoms with E-state index in [0.717, 1.165) is 0 Å². The molecule has 8 nitrogen and oxygen atoms in total. The first-order chi connectivity index (χ1) is 9.93. The van der Waals surface area contributed by atoms with Crippen LogP contribution >= 0.6 is 0 Å². The van der Waals surface area contributed by atoms with Crippen molar-refractivity contribution >= 4 is 5.69 Å². The monoisotopic (exact) mass is 296 g/mol. The van der Waals surface area contributed by atoms with Crippen LogP contribution in [0.2, 0.25) is 0 Å². The highest BCUT2D eigenvalue weighted by Crippen LogP contribution is 2.43. The molecule has 0 spiro atoms. The summed E-state index contributed by atoms with van der Waals surface area (Å²) < 4.78 is 16.7. The number of benzene rings is 1. The van der Waals surface area contributed by atoms with E-state index in [9.17, 15) is 15.2 Å². The zero-order valence-electron chi connectivity index (χ0n) is 11.4. The fourth-order valence-electron chi connectivity index (χ4n) is 2.70. The molecule has 0 bridgehead atoms. The van der Waals surface area contributed by atoms with Crippen LogP contribution in [-0.2, 0) is 9.47 Å². The van der Waals surface area contributed by atoms with Crippen molar-refractivity contribution in [3.8, 4) is 5.75 Å². The first-order valence-corrected chi connectivity index (χ1v) is 6.57. The van der Waals surface area contributed by atoms with Gasteiger partial charge in [-0.25, -0.2) is 0 Å². The molecule has 1 saturated heterocycles. The summed E-state index contributed by atoms with van der Waals surface area (Å²) in [6.07, 6.45) is -1.85. The minimum Gasteiger partial charge on any atom is -0.479 e. The van der Waals surface area contributed by atoms with Crippen LogP contribution < -0.4 is 10.5 Å². The second-order valence-corrected chi connectivity index (χ2v) is 5.31. The lowest BCUT2D eigenvalue weighted by molar-refractivity contribution is -0.385. The summed E-state index contributed by atoms with van der Waals surface area (Å²) in [5.74, 6) is 0.389. The standard InChI is InChI=1S/C13H16N2O6/c1-13(12-19-4-5-20-12)11(16)10(14)8-6-7(15(17)18)2-3-9(8)21-13/h2-3,6,10-12,16H,4-5,14H2,1H3/t10-,11+,13+/m1/s1. The predicted octanol–water partition coefficient (Wildman–Crippen LogP) is 0.479. The number of aliphatic hydroxyl groups excluding tert-OH is 1. The SMILES string of the molecule is C[C@]1(C2OCCO2)Oc2ccc([N+](=O)[O-])cc2[C@@H](N)[C@@H]1O. The van der Waals surface area contributed by atoms with Gasteiger partial charge in [-0.15, -0.1) is 0 Å². The molecule has 2 heterocycles. The molecule has 8 heteroatoms. The molecule has 0 radical (unpaired) electrons. The molecular weight excluding hydrogens is 280 g/mol. The van der Waals surface area contributed by atoms with E-state index in [2.05, 4.69) is 0 Å². The Kier molecular flexibility index (Phi) is 3.33. The van der Waals surface area contributed by atoms with Gasteiger partial charge in [-0.2, -0.15) is 0 Å². The molecule has 0 aromatic heterocycles. The fraction of sp³-hybridized carbons (Fsp3) is 0.538.